The van der Waals surface area contributed by atoms with Gasteiger partial charge in [0.05, 0.1) is 18.4 Å². The van der Waals surface area contributed by atoms with Crippen LogP contribution >= 0.6 is 0 Å². The fraction of sp³-hybridized carbons (Fsp3) is 0.667. The topological polar surface area (TPSA) is 61.9 Å². The Balaban J connectivity index is 2.72. The summed E-state index contributed by atoms with van der Waals surface area (Å²) in [6.07, 6.45) is 1.86. The average molecular weight is 183 g/mol. The third kappa shape index (κ3) is 3.16. The van der Waals surface area contributed by atoms with Crippen LogP contribution in [0.2, 0.25) is 0 Å². The van der Waals surface area contributed by atoms with Gasteiger partial charge < -0.3 is 10.8 Å². The fourth-order valence-electron chi connectivity index (χ4n) is 1.46. The highest BCUT2D eigenvalue weighted by Gasteiger charge is 2.16. The Bertz CT molecular complexity index is 231. The molecule has 0 aromatic rings. The first-order valence-electron chi connectivity index (χ1n) is 4.41. The van der Waals surface area contributed by atoms with Crippen LogP contribution in [-0.2, 0) is 0 Å². The van der Waals surface area contributed by atoms with Crippen molar-refractivity contribution in [3.63, 3.8) is 0 Å². The molecule has 1 rings (SSSR count). The van der Waals surface area contributed by atoms with Crippen LogP contribution in [0, 0.1) is 0 Å². The van der Waals surface area contributed by atoms with E-state index in [1.807, 2.05) is 20.0 Å². The highest BCUT2D eigenvalue weighted by atomic mass is 16.3. The monoisotopic (exact) mass is 183 g/mol. The van der Waals surface area contributed by atoms with Gasteiger partial charge in [0.1, 0.15) is 0 Å². The Labute approximate surface area is 78.8 Å². The molecular weight excluding hydrogens is 166 g/mol. The molecule has 4 nitrogen and oxygen atoms in total. The molecular formula is C9H17N3O. The van der Waals surface area contributed by atoms with Crippen LogP contribution in [0.15, 0.2) is 16.8 Å². The Morgan fingerprint density at radius 2 is 2.54 bits per heavy atom. The molecule has 0 bridgehead atoms. The largest absolute Gasteiger partial charge is 0.402 e. The van der Waals surface area contributed by atoms with E-state index in [1.54, 1.807) is 0 Å². The summed E-state index contributed by atoms with van der Waals surface area (Å²) in [6.45, 7) is 3.57. The number of allylic oxidation sites excluding steroid dienone is 1. The second-order valence-corrected chi connectivity index (χ2v) is 3.54. The van der Waals surface area contributed by atoms with Crippen molar-refractivity contribution in [3.8, 4) is 0 Å². The zero-order valence-electron chi connectivity index (χ0n) is 8.20. The molecule has 13 heavy (non-hydrogen) atoms. The predicted octanol–water partition coefficient (Wildman–Crippen LogP) is -0.404. The maximum absolute atomic E-state index is 8.98. The van der Waals surface area contributed by atoms with E-state index in [1.165, 1.54) is 0 Å². The summed E-state index contributed by atoms with van der Waals surface area (Å²) >= 11 is 0. The molecule has 4 heteroatoms. The minimum absolute atomic E-state index is 0.00403. The van der Waals surface area contributed by atoms with Crippen LogP contribution in [0.1, 0.15) is 6.92 Å². The number of likely N-dealkylation sites (N-methyl/N-ethyl adjacent to an activating group) is 1. The summed E-state index contributed by atoms with van der Waals surface area (Å²) in [6, 6.07) is 0.00403. The van der Waals surface area contributed by atoms with Crippen molar-refractivity contribution in [2.75, 3.05) is 26.7 Å². The van der Waals surface area contributed by atoms with Crippen molar-refractivity contribution in [2.45, 2.75) is 13.0 Å². The Kier molecular flexibility index (Phi) is 3.45. The molecule has 0 spiro atoms. The molecule has 1 atom stereocenters. The minimum Gasteiger partial charge on any atom is -0.402 e. The molecule has 0 aromatic carbocycles. The zero-order valence-corrected chi connectivity index (χ0v) is 8.20. The van der Waals surface area contributed by atoms with Gasteiger partial charge in [-0.2, -0.15) is 0 Å². The van der Waals surface area contributed by atoms with Gasteiger partial charge in [-0.25, -0.2) is 0 Å². The molecule has 1 aliphatic heterocycles. The van der Waals surface area contributed by atoms with Gasteiger partial charge in [0, 0.05) is 18.8 Å². The van der Waals surface area contributed by atoms with Crippen molar-refractivity contribution >= 4 is 5.71 Å². The maximum Gasteiger partial charge on any atom is 0.0860 e. The lowest BCUT2D eigenvalue weighted by atomic mass is 10.2. The van der Waals surface area contributed by atoms with Gasteiger partial charge in [0.25, 0.3) is 0 Å². The summed E-state index contributed by atoms with van der Waals surface area (Å²) in [5.74, 6) is 0. The molecule has 74 valence electrons. The smallest absolute Gasteiger partial charge is 0.0860 e. The van der Waals surface area contributed by atoms with Gasteiger partial charge in [-0.15, -0.1) is 0 Å². The summed E-state index contributed by atoms with van der Waals surface area (Å²) in [7, 11) is 2.01. The van der Waals surface area contributed by atoms with E-state index in [9.17, 15) is 0 Å². The summed E-state index contributed by atoms with van der Waals surface area (Å²) in [5, 5.41) is 8.98. The highest BCUT2D eigenvalue weighted by Crippen LogP contribution is 2.04. The fourth-order valence-corrected chi connectivity index (χ4v) is 1.46. The third-order valence-electron chi connectivity index (χ3n) is 1.91. The zero-order chi connectivity index (χ0) is 9.84. The van der Waals surface area contributed by atoms with E-state index in [4.69, 9.17) is 10.8 Å². The van der Waals surface area contributed by atoms with Crippen molar-refractivity contribution in [3.05, 3.63) is 11.8 Å². The van der Waals surface area contributed by atoms with Gasteiger partial charge >= 0.3 is 0 Å². The van der Waals surface area contributed by atoms with Crippen molar-refractivity contribution in [2.24, 2.45) is 10.7 Å². The molecule has 1 heterocycles. The molecule has 0 radical (unpaired) electrons. The highest BCUT2D eigenvalue weighted by molar-refractivity contribution is 5.97. The van der Waals surface area contributed by atoms with E-state index in [0.29, 0.717) is 0 Å². The van der Waals surface area contributed by atoms with Gasteiger partial charge in [0.15, 0.2) is 0 Å². The van der Waals surface area contributed by atoms with Crippen LogP contribution < -0.4 is 5.73 Å². The van der Waals surface area contributed by atoms with Crippen molar-refractivity contribution in [1.82, 2.24) is 4.90 Å². The number of rotatable bonds is 2. The molecule has 0 aliphatic carbocycles. The van der Waals surface area contributed by atoms with Crippen LogP contribution in [0.4, 0.5) is 0 Å². The summed E-state index contributed by atoms with van der Waals surface area (Å²) in [4.78, 5) is 6.49. The second kappa shape index (κ2) is 4.39. The van der Waals surface area contributed by atoms with E-state index >= 15 is 0 Å². The first-order chi connectivity index (χ1) is 6.11. The number of nitrogens with zero attached hydrogens (tertiary/aromatic N) is 2. The van der Waals surface area contributed by atoms with E-state index in [2.05, 4.69) is 9.89 Å². The molecule has 0 aromatic heterocycles. The molecule has 0 amide bonds. The maximum atomic E-state index is 8.98. The third-order valence-corrected chi connectivity index (χ3v) is 1.91. The number of hydrogen-bond donors (Lipinski definition) is 2. The van der Waals surface area contributed by atoms with Crippen molar-refractivity contribution in [1.29, 1.82) is 0 Å². The number of hydrogen-bond acceptors (Lipinski definition) is 4. The number of aliphatic hydroxyl groups is 1. The minimum atomic E-state index is 0.00403. The van der Waals surface area contributed by atoms with Gasteiger partial charge in [-0.1, -0.05) is 0 Å². The standard InChI is InChI=1S/C9H17N3O/c1-7(10)3-8-4-12(2)5-9(6-13)11-8/h3,9,13H,4-6,10H2,1-2H3/b7-3-. The quantitative estimate of drug-likeness (QED) is 0.612. The van der Waals surface area contributed by atoms with Crippen LogP contribution in [0.25, 0.3) is 0 Å². The SMILES string of the molecule is C/C(N)=C/C1=NC(CO)CN(C)C1. The van der Waals surface area contributed by atoms with E-state index in [0.717, 1.165) is 24.5 Å². The normalized spacial score (nSPS) is 25.9. The average Bonchev–Trinajstić information content (AvgIpc) is 2.01. The molecule has 1 aliphatic rings. The summed E-state index contributed by atoms with van der Waals surface area (Å²) in [5.41, 5.74) is 7.26. The van der Waals surface area contributed by atoms with Gasteiger partial charge in [-0.05, 0) is 20.0 Å². The lowest BCUT2D eigenvalue weighted by molar-refractivity contribution is 0.224. The number of nitrogens with two attached hydrogens (primary N) is 1. The van der Waals surface area contributed by atoms with E-state index < -0.39 is 0 Å². The summed E-state index contributed by atoms with van der Waals surface area (Å²) < 4.78 is 0. The van der Waals surface area contributed by atoms with Gasteiger partial charge in [-0.3, -0.25) is 9.89 Å². The van der Waals surface area contributed by atoms with Gasteiger partial charge in [0.2, 0.25) is 0 Å². The van der Waals surface area contributed by atoms with Crippen molar-refractivity contribution < 1.29 is 5.11 Å². The lowest BCUT2D eigenvalue weighted by Gasteiger charge is -2.26. The Morgan fingerprint density at radius 3 is 3.08 bits per heavy atom. The first kappa shape index (κ1) is 10.2. The molecule has 0 saturated heterocycles. The Morgan fingerprint density at radius 1 is 1.85 bits per heavy atom. The van der Waals surface area contributed by atoms with Crippen LogP contribution in [0.3, 0.4) is 0 Å². The predicted molar refractivity (Wildman–Crippen MR) is 53.8 cm³/mol. The Hall–Kier alpha value is -0.870. The van der Waals surface area contributed by atoms with Crippen LogP contribution in [0.5, 0.6) is 0 Å². The van der Waals surface area contributed by atoms with Crippen LogP contribution in [-0.4, -0.2) is 48.5 Å². The second-order valence-electron chi connectivity index (χ2n) is 3.54. The first-order valence-corrected chi connectivity index (χ1v) is 4.41. The number of aliphatic imine (C=N–C) groups is 1. The molecule has 0 fully saturated rings. The molecule has 0 saturated carbocycles. The molecule has 1 unspecified atom stereocenters. The number of aliphatic hydroxyl groups excluding tert-OH is 1. The lowest BCUT2D eigenvalue weighted by Crippen LogP contribution is -2.39. The molecule has 3 N–H and O–H groups in total. The van der Waals surface area contributed by atoms with E-state index in [-0.39, 0.29) is 12.6 Å².